The number of aromatic amines is 1. The van der Waals surface area contributed by atoms with Crippen LogP contribution in [0.5, 0.6) is 0 Å². The van der Waals surface area contributed by atoms with Crippen LogP contribution in [0.15, 0.2) is 48.5 Å². The van der Waals surface area contributed by atoms with Crippen LogP contribution in [0.3, 0.4) is 0 Å². The predicted molar refractivity (Wildman–Crippen MR) is 120 cm³/mol. The molecule has 0 spiro atoms. The van der Waals surface area contributed by atoms with Gasteiger partial charge in [0, 0.05) is 47.0 Å². The number of hydrogen-bond donors (Lipinski definition) is 2. The van der Waals surface area contributed by atoms with Crippen molar-refractivity contribution in [2.75, 3.05) is 13.1 Å². The number of carbonyl (C=O) groups is 2. The quantitative estimate of drug-likeness (QED) is 0.580. The Bertz CT molecular complexity index is 1070. The van der Waals surface area contributed by atoms with Gasteiger partial charge in [0.25, 0.3) is 5.91 Å². The normalized spacial score (nSPS) is 14.8. The average Bonchev–Trinajstić information content (AvgIpc) is 3.16. The summed E-state index contributed by atoms with van der Waals surface area (Å²) in [6, 6.07) is 14.9. The minimum atomic E-state index is -0.0102. The van der Waals surface area contributed by atoms with Gasteiger partial charge in [-0.3, -0.25) is 9.59 Å². The van der Waals surface area contributed by atoms with Crippen LogP contribution in [-0.4, -0.2) is 34.8 Å². The van der Waals surface area contributed by atoms with Gasteiger partial charge in [-0.1, -0.05) is 41.4 Å². The van der Waals surface area contributed by atoms with Crippen molar-refractivity contribution in [1.29, 1.82) is 0 Å². The molecule has 1 aliphatic rings. The Morgan fingerprint density at radius 2 is 1.83 bits per heavy atom. The molecule has 0 radical (unpaired) electrons. The van der Waals surface area contributed by atoms with E-state index in [-0.39, 0.29) is 17.7 Å². The number of aromatic nitrogens is 1. The van der Waals surface area contributed by atoms with Gasteiger partial charge in [-0.25, -0.2) is 0 Å². The number of amides is 2. The maximum atomic E-state index is 12.8. The van der Waals surface area contributed by atoms with Gasteiger partial charge in [0.1, 0.15) is 5.69 Å². The molecule has 1 aromatic heterocycles. The lowest BCUT2D eigenvalue weighted by Gasteiger charge is -2.31. The van der Waals surface area contributed by atoms with Crippen LogP contribution in [0.1, 0.15) is 35.3 Å². The Labute approximate surface area is 185 Å². The van der Waals surface area contributed by atoms with Crippen LogP contribution >= 0.6 is 23.2 Å². The first-order valence-electron chi connectivity index (χ1n) is 10.1. The molecule has 3 aromatic rings. The van der Waals surface area contributed by atoms with Crippen LogP contribution in [0, 0.1) is 5.92 Å². The number of nitrogens with one attached hydrogen (secondary N) is 2. The van der Waals surface area contributed by atoms with Gasteiger partial charge in [0.2, 0.25) is 5.91 Å². The fourth-order valence-corrected chi connectivity index (χ4v) is 4.28. The van der Waals surface area contributed by atoms with E-state index < -0.39 is 0 Å². The van der Waals surface area contributed by atoms with E-state index in [2.05, 4.69) is 10.3 Å². The molecule has 5 nitrogen and oxygen atoms in total. The first-order chi connectivity index (χ1) is 14.5. The van der Waals surface area contributed by atoms with E-state index in [0.29, 0.717) is 41.8 Å². The molecule has 2 heterocycles. The number of H-pyrrole nitrogens is 1. The summed E-state index contributed by atoms with van der Waals surface area (Å²) < 4.78 is 0. The van der Waals surface area contributed by atoms with Crippen molar-refractivity contribution in [3.8, 4) is 0 Å². The largest absolute Gasteiger partial charge is 0.352 e. The highest BCUT2D eigenvalue weighted by atomic mass is 35.5. The Morgan fingerprint density at radius 3 is 2.60 bits per heavy atom. The van der Waals surface area contributed by atoms with E-state index >= 15 is 0 Å². The zero-order chi connectivity index (χ0) is 21.1. The molecule has 0 unspecified atom stereocenters. The monoisotopic (exact) mass is 443 g/mol. The lowest BCUT2D eigenvalue weighted by Crippen LogP contribution is -2.39. The first kappa shape index (κ1) is 20.8. The highest BCUT2D eigenvalue weighted by molar-refractivity contribution is 6.31. The molecule has 0 aliphatic carbocycles. The fourth-order valence-electron chi connectivity index (χ4n) is 3.90. The molecule has 1 fully saturated rings. The Morgan fingerprint density at radius 1 is 1.07 bits per heavy atom. The van der Waals surface area contributed by atoms with Crippen LogP contribution in [-0.2, 0) is 11.3 Å². The maximum Gasteiger partial charge on any atom is 0.270 e. The van der Waals surface area contributed by atoms with Crippen molar-refractivity contribution in [2.24, 2.45) is 5.92 Å². The van der Waals surface area contributed by atoms with Crippen molar-refractivity contribution in [2.45, 2.75) is 25.8 Å². The number of halogens is 2. The second kappa shape index (κ2) is 9.11. The van der Waals surface area contributed by atoms with Crippen molar-refractivity contribution in [1.82, 2.24) is 15.2 Å². The number of hydrogen-bond acceptors (Lipinski definition) is 2. The molecule has 4 rings (SSSR count). The number of likely N-dealkylation sites (tertiary alicyclic amines) is 1. The van der Waals surface area contributed by atoms with Gasteiger partial charge in [-0.05, 0) is 54.7 Å². The summed E-state index contributed by atoms with van der Waals surface area (Å²) in [5.41, 5.74) is 2.38. The van der Waals surface area contributed by atoms with Crippen molar-refractivity contribution < 1.29 is 9.59 Å². The smallest absolute Gasteiger partial charge is 0.270 e. The molecule has 0 bridgehead atoms. The first-order valence-corrected chi connectivity index (χ1v) is 10.8. The summed E-state index contributed by atoms with van der Waals surface area (Å²) in [7, 11) is 0. The van der Waals surface area contributed by atoms with E-state index in [0.717, 1.165) is 29.3 Å². The summed E-state index contributed by atoms with van der Waals surface area (Å²) in [4.78, 5) is 30.2. The second-order valence-corrected chi connectivity index (χ2v) is 8.57. The number of piperidine rings is 1. The molecule has 0 saturated carbocycles. The summed E-state index contributed by atoms with van der Waals surface area (Å²) in [6.45, 7) is 1.73. The van der Waals surface area contributed by atoms with Gasteiger partial charge in [-0.2, -0.15) is 0 Å². The zero-order valence-electron chi connectivity index (χ0n) is 16.5. The van der Waals surface area contributed by atoms with E-state index in [1.165, 1.54) is 0 Å². The summed E-state index contributed by atoms with van der Waals surface area (Å²) in [6.07, 6.45) is 2.10. The molecule has 0 atom stereocenters. The van der Waals surface area contributed by atoms with Crippen molar-refractivity contribution >= 4 is 45.9 Å². The zero-order valence-corrected chi connectivity index (χ0v) is 18.0. The Kier molecular flexibility index (Phi) is 6.30. The molecule has 156 valence electrons. The lowest BCUT2D eigenvalue weighted by atomic mass is 9.93. The molecule has 1 saturated heterocycles. The second-order valence-electron chi connectivity index (χ2n) is 7.72. The molecular formula is C23H23Cl2N3O2. The van der Waals surface area contributed by atoms with E-state index in [1.807, 2.05) is 47.4 Å². The predicted octanol–water partition coefficient (Wildman–Crippen LogP) is 5.03. The number of benzene rings is 2. The lowest BCUT2D eigenvalue weighted by molar-refractivity contribution is -0.122. The summed E-state index contributed by atoms with van der Waals surface area (Å²) in [5.74, 6) is 0.290. The van der Waals surface area contributed by atoms with Gasteiger partial charge in [0.05, 0.1) is 0 Å². The summed E-state index contributed by atoms with van der Waals surface area (Å²) in [5, 5.41) is 5.18. The highest BCUT2D eigenvalue weighted by Gasteiger charge is 2.26. The highest BCUT2D eigenvalue weighted by Crippen LogP contribution is 2.24. The van der Waals surface area contributed by atoms with Gasteiger partial charge in [-0.15, -0.1) is 0 Å². The topological polar surface area (TPSA) is 65.2 Å². The standard InChI is InChI=1S/C23H23Cl2N3O2/c24-18-5-6-20-17(12-18)13-21(27-20)23(30)28-9-7-15(8-10-28)11-22(29)26-14-16-3-1-2-4-19(16)25/h1-6,12-13,15,27H,7-11,14H2,(H,26,29). The van der Waals surface area contributed by atoms with Crippen molar-refractivity contribution in [3.63, 3.8) is 0 Å². The Hall–Kier alpha value is -2.50. The third kappa shape index (κ3) is 4.79. The van der Waals surface area contributed by atoms with Crippen LogP contribution < -0.4 is 5.32 Å². The van der Waals surface area contributed by atoms with Crippen LogP contribution in [0.4, 0.5) is 0 Å². The van der Waals surface area contributed by atoms with Crippen LogP contribution in [0.2, 0.25) is 10.0 Å². The SMILES string of the molecule is O=C(CC1CCN(C(=O)c2cc3cc(Cl)ccc3[nH]2)CC1)NCc1ccccc1Cl. The average molecular weight is 444 g/mol. The van der Waals surface area contributed by atoms with Gasteiger partial charge < -0.3 is 15.2 Å². The molecule has 2 amide bonds. The molecule has 2 aromatic carbocycles. The number of nitrogens with zero attached hydrogens (tertiary/aromatic N) is 1. The number of rotatable bonds is 5. The third-order valence-corrected chi connectivity index (χ3v) is 6.23. The summed E-state index contributed by atoms with van der Waals surface area (Å²) >= 11 is 12.2. The number of carbonyl (C=O) groups excluding carboxylic acids is 2. The van der Waals surface area contributed by atoms with E-state index in [4.69, 9.17) is 23.2 Å². The minimum absolute atomic E-state index is 0.0102. The molecule has 1 aliphatic heterocycles. The minimum Gasteiger partial charge on any atom is -0.352 e. The Balaban J connectivity index is 1.27. The molecule has 30 heavy (non-hydrogen) atoms. The van der Waals surface area contributed by atoms with Gasteiger partial charge in [0.15, 0.2) is 0 Å². The number of fused-ring (bicyclic) bond motifs is 1. The van der Waals surface area contributed by atoms with Gasteiger partial charge >= 0.3 is 0 Å². The molecule has 7 heteroatoms. The fraction of sp³-hybridized carbons (Fsp3) is 0.304. The molecular weight excluding hydrogens is 421 g/mol. The van der Waals surface area contributed by atoms with E-state index in [9.17, 15) is 9.59 Å². The van der Waals surface area contributed by atoms with Crippen LogP contribution in [0.25, 0.3) is 10.9 Å². The molecule has 2 N–H and O–H groups in total. The third-order valence-electron chi connectivity index (χ3n) is 5.62. The van der Waals surface area contributed by atoms with Crippen molar-refractivity contribution in [3.05, 3.63) is 69.8 Å². The maximum absolute atomic E-state index is 12.8. The van der Waals surface area contributed by atoms with E-state index in [1.54, 1.807) is 6.07 Å².